The van der Waals surface area contributed by atoms with Crippen molar-refractivity contribution in [1.82, 2.24) is 9.97 Å². The smallest absolute Gasteiger partial charge is 0.132 e. The van der Waals surface area contributed by atoms with E-state index in [-0.39, 0.29) is 0 Å². The molecule has 0 amide bonds. The molecule has 2 rings (SSSR count). The van der Waals surface area contributed by atoms with Gasteiger partial charge in [-0.1, -0.05) is 26.2 Å². The normalized spacial score (nSPS) is 18.1. The Morgan fingerprint density at radius 3 is 2.53 bits per heavy atom. The Labute approximate surface area is 116 Å². The molecule has 1 atom stereocenters. The Hall–Kier alpha value is -1.32. The van der Waals surface area contributed by atoms with Gasteiger partial charge in [0.2, 0.25) is 0 Å². The molecule has 1 aliphatic rings. The lowest BCUT2D eigenvalue weighted by molar-refractivity contribution is 0.312. The lowest BCUT2D eigenvalue weighted by atomic mass is 9.83. The number of anilines is 2. The molecule has 1 aromatic heterocycles. The quantitative estimate of drug-likeness (QED) is 0.851. The number of aromatic nitrogens is 2. The Bertz CT molecular complexity index is 399. The summed E-state index contributed by atoms with van der Waals surface area (Å²) >= 11 is 0. The Balaban J connectivity index is 2.06. The van der Waals surface area contributed by atoms with E-state index in [1.807, 2.05) is 20.0 Å². The van der Waals surface area contributed by atoms with E-state index >= 15 is 0 Å². The predicted octanol–water partition coefficient (Wildman–Crippen LogP) is 3.60. The third-order valence-electron chi connectivity index (χ3n) is 4.09. The van der Waals surface area contributed by atoms with Crippen LogP contribution in [0.4, 0.5) is 11.6 Å². The summed E-state index contributed by atoms with van der Waals surface area (Å²) < 4.78 is 0. The molecule has 0 bridgehead atoms. The van der Waals surface area contributed by atoms with Crippen molar-refractivity contribution in [3.05, 3.63) is 11.9 Å². The summed E-state index contributed by atoms with van der Waals surface area (Å²) in [7, 11) is 1.89. The molecule has 1 fully saturated rings. The van der Waals surface area contributed by atoms with Crippen molar-refractivity contribution < 1.29 is 0 Å². The molecule has 1 aromatic rings. The molecular weight excluding hydrogens is 236 g/mol. The minimum atomic E-state index is 0.541. The summed E-state index contributed by atoms with van der Waals surface area (Å²) in [4.78, 5) is 8.84. The van der Waals surface area contributed by atoms with Crippen molar-refractivity contribution in [3.63, 3.8) is 0 Å². The molecule has 4 heteroatoms. The van der Waals surface area contributed by atoms with E-state index in [9.17, 15) is 0 Å². The first-order chi connectivity index (χ1) is 9.22. The van der Waals surface area contributed by atoms with Crippen LogP contribution in [0.25, 0.3) is 0 Å². The van der Waals surface area contributed by atoms with Crippen molar-refractivity contribution in [2.75, 3.05) is 17.7 Å². The van der Waals surface area contributed by atoms with E-state index in [0.717, 1.165) is 29.8 Å². The van der Waals surface area contributed by atoms with Gasteiger partial charge in [-0.2, -0.15) is 0 Å². The van der Waals surface area contributed by atoms with Crippen molar-refractivity contribution in [2.45, 2.75) is 58.4 Å². The van der Waals surface area contributed by atoms with Crippen LogP contribution < -0.4 is 10.6 Å². The maximum Gasteiger partial charge on any atom is 0.132 e. The zero-order valence-corrected chi connectivity index (χ0v) is 12.4. The Morgan fingerprint density at radius 1 is 1.21 bits per heavy atom. The second kappa shape index (κ2) is 6.73. The summed E-state index contributed by atoms with van der Waals surface area (Å²) in [6.45, 7) is 4.20. The van der Waals surface area contributed by atoms with Gasteiger partial charge in [0.15, 0.2) is 0 Å². The van der Waals surface area contributed by atoms with Crippen LogP contribution in [0.2, 0.25) is 0 Å². The zero-order valence-electron chi connectivity index (χ0n) is 12.4. The fraction of sp³-hybridized carbons (Fsp3) is 0.733. The molecule has 1 aliphatic carbocycles. The first-order valence-electron chi connectivity index (χ1n) is 7.53. The minimum absolute atomic E-state index is 0.541. The average Bonchev–Trinajstić information content (AvgIpc) is 2.45. The van der Waals surface area contributed by atoms with Crippen molar-refractivity contribution in [2.24, 2.45) is 5.92 Å². The van der Waals surface area contributed by atoms with E-state index in [4.69, 9.17) is 0 Å². The van der Waals surface area contributed by atoms with Gasteiger partial charge in [-0.25, -0.2) is 9.97 Å². The fourth-order valence-electron chi connectivity index (χ4n) is 3.05. The molecule has 1 unspecified atom stereocenters. The first kappa shape index (κ1) is 14.1. The lowest BCUT2D eigenvalue weighted by Crippen LogP contribution is -2.30. The summed E-state index contributed by atoms with van der Waals surface area (Å²) in [5.41, 5.74) is 0. The molecule has 4 nitrogen and oxygen atoms in total. The van der Waals surface area contributed by atoms with E-state index in [2.05, 4.69) is 27.5 Å². The highest BCUT2D eigenvalue weighted by atomic mass is 15.1. The number of aryl methyl sites for hydroxylation is 1. The van der Waals surface area contributed by atoms with Crippen LogP contribution in [-0.2, 0) is 0 Å². The van der Waals surface area contributed by atoms with Crippen LogP contribution in [0, 0.1) is 12.8 Å². The fourth-order valence-corrected chi connectivity index (χ4v) is 3.05. The minimum Gasteiger partial charge on any atom is -0.373 e. The van der Waals surface area contributed by atoms with Gasteiger partial charge in [-0.15, -0.1) is 0 Å². The Morgan fingerprint density at radius 2 is 1.89 bits per heavy atom. The van der Waals surface area contributed by atoms with Crippen LogP contribution in [-0.4, -0.2) is 23.1 Å². The monoisotopic (exact) mass is 262 g/mol. The number of nitrogens with one attached hydrogen (secondary N) is 2. The summed E-state index contributed by atoms with van der Waals surface area (Å²) in [6, 6.07) is 2.54. The molecule has 0 saturated heterocycles. The molecule has 106 valence electrons. The number of hydrogen-bond donors (Lipinski definition) is 2. The average molecular weight is 262 g/mol. The van der Waals surface area contributed by atoms with Crippen LogP contribution in [0.3, 0.4) is 0 Å². The van der Waals surface area contributed by atoms with Gasteiger partial charge in [0.1, 0.15) is 17.5 Å². The van der Waals surface area contributed by atoms with E-state index in [1.165, 1.54) is 32.1 Å². The van der Waals surface area contributed by atoms with Crippen LogP contribution in [0.5, 0.6) is 0 Å². The number of nitrogens with zero attached hydrogens (tertiary/aromatic N) is 2. The third kappa shape index (κ3) is 3.82. The molecule has 1 heterocycles. The van der Waals surface area contributed by atoms with Gasteiger partial charge in [-0.3, -0.25) is 0 Å². The van der Waals surface area contributed by atoms with E-state index < -0.39 is 0 Å². The van der Waals surface area contributed by atoms with Crippen molar-refractivity contribution in [1.29, 1.82) is 0 Å². The zero-order chi connectivity index (χ0) is 13.7. The van der Waals surface area contributed by atoms with E-state index in [0.29, 0.717) is 6.04 Å². The van der Waals surface area contributed by atoms with Crippen LogP contribution in [0.15, 0.2) is 6.07 Å². The first-order valence-corrected chi connectivity index (χ1v) is 7.53. The number of rotatable bonds is 5. The molecule has 0 spiro atoms. The van der Waals surface area contributed by atoms with Crippen molar-refractivity contribution >= 4 is 11.6 Å². The number of hydrogen-bond acceptors (Lipinski definition) is 4. The van der Waals surface area contributed by atoms with Crippen molar-refractivity contribution in [3.8, 4) is 0 Å². The standard InChI is InChI=1S/C15H26N4/c1-4-13(12-8-6-5-7-9-12)19-15-10-14(16-3)17-11(2)18-15/h10,12-13H,4-9H2,1-3H3,(H2,16,17,18,19). The third-order valence-corrected chi connectivity index (χ3v) is 4.09. The van der Waals surface area contributed by atoms with Gasteiger partial charge >= 0.3 is 0 Å². The molecule has 0 aromatic carbocycles. The molecule has 2 N–H and O–H groups in total. The van der Waals surface area contributed by atoms with Gasteiger partial charge in [0.05, 0.1) is 0 Å². The molecule has 19 heavy (non-hydrogen) atoms. The molecule has 0 aliphatic heterocycles. The second-order valence-corrected chi connectivity index (χ2v) is 5.49. The second-order valence-electron chi connectivity index (χ2n) is 5.49. The SMILES string of the molecule is CCC(Nc1cc(NC)nc(C)n1)C1CCCCC1. The maximum atomic E-state index is 4.50. The summed E-state index contributed by atoms with van der Waals surface area (Å²) in [5.74, 6) is 3.45. The van der Waals surface area contributed by atoms with Gasteiger partial charge in [0, 0.05) is 19.2 Å². The highest BCUT2D eigenvalue weighted by Crippen LogP contribution is 2.29. The van der Waals surface area contributed by atoms with Gasteiger partial charge in [-0.05, 0) is 32.1 Å². The maximum absolute atomic E-state index is 4.50. The summed E-state index contributed by atoms with van der Waals surface area (Å²) in [6.07, 6.45) is 8.04. The van der Waals surface area contributed by atoms with Crippen LogP contribution in [0.1, 0.15) is 51.3 Å². The lowest BCUT2D eigenvalue weighted by Gasteiger charge is -2.30. The highest BCUT2D eigenvalue weighted by Gasteiger charge is 2.22. The van der Waals surface area contributed by atoms with Crippen LogP contribution >= 0.6 is 0 Å². The topological polar surface area (TPSA) is 49.8 Å². The largest absolute Gasteiger partial charge is 0.373 e. The van der Waals surface area contributed by atoms with Gasteiger partial charge in [0.25, 0.3) is 0 Å². The predicted molar refractivity (Wildman–Crippen MR) is 80.6 cm³/mol. The van der Waals surface area contributed by atoms with Gasteiger partial charge < -0.3 is 10.6 Å². The molecule has 1 saturated carbocycles. The molecular formula is C15H26N4. The highest BCUT2D eigenvalue weighted by molar-refractivity contribution is 5.47. The molecule has 0 radical (unpaired) electrons. The van der Waals surface area contributed by atoms with E-state index in [1.54, 1.807) is 0 Å². The Kier molecular flexibility index (Phi) is 5.00. The summed E-state index contributed by atoms with van der Waals surface area (Å²) in [5, 5.41) is 6.71.